The van der Waals surface area contributed by atoms with Crippen molar-refractivity contribution in [2.75, 3.05) is 0 Å². The lowest BCUT2D eigenvalue weighted by atomic mass is 10.2. The predicted octanol–water partition coefficient (Wildman–Crippen LogP) is 4.23. The lowest BCUT2D eigenvalue weighted by Crippen LogP contribution is -1.99. The van der Waals surface area contributed by atoms with Crippen LogP contribution in [0, 0.1) is 11.3 Å². The van der Waals surface area contributed by atoms with Crippen LogP contribution in [-0.4, -0.2) is 9.55 Å². The van der Waals surface area contributed by atoms with Crippen LogP contribution in [0.3, 0.4) is 0 Å². The molecule has 0 spiro atoms. The second-order valence-electron chi connectivity index (χ2n) is 4.51. The van der Waals surface area contributed by atoms with Crippen LogP contribution in [0.4, 0.5) is 0 Å². The number of fused-ring (bicyclic) bond motifs is 1. The molecule has 3 rings (SSSR count). The molecule has 4 nitrogen and oxygen atoms in total. The topological polar surface area (TPSA) is 54.8 Å². The van der Waals surface area contributed by atoms with E-state index in [1.165, 1.54) is 0 Å². The summed E-state index contributed by atoms with van der Waals surface area (Å²) in [5, 5.41) is 9.32. The van der Waals surface area contributed by atoms with Gasteiger partial charge in [0.25, 0.3) is 0 Å². The normalized spacial score (nSPS) is 10.8. The van der Waals surface area contributed by atoms with Crippen molar-refractivity contribution in [3.63, 3.8) is 0 Å². The van der Waals surface area contributed by atoms with Gasteiger partial charge in [0, 0.05) is 6.54 Å². The van der Waals surface area contributed by atoms with E-state index in [0.717, 1.165) is 35.4 Å². The van der Waals surface area contributed by atoms with E-state index in [9.17, 15) is 0 Å². The highest BCUT2D eigenvalue weighted by Gasteiger charge is 2.16. The molecule has 0 bridgehead atoms. The molecule has 2 heterocycles. The van der Waals surface area contributed by atoms with Gasteiger partial charge in [-0.15, -0.1) is 0 Å². The number of nitrogens with zero attached hydrogens (tertiary/aromatic N) is 3. The summed E-state index contributed by atoms with van der Waals surface area (Å²) < 4.78 is 7.26. The third-order valence-corrected chi connectivity index (χ3v) is 3.48. The van der Waals surface area contributed by atoms with Crippen molar-refractivity contribution in [1.29, 1.82) is 5.26 Å². The molecule has 1 aromatic carbocycles. The molecule has 0 unspecified atom stereocenters. The van der Waals surface area contributed by atoms with Gasteiger partial charge >= 0.3 is 0 Å². The largest absolute Gasteiger partial charge is 0.452 e. The fraction of sp³-hybridized carbons (Fsp3) is 0.200. The van der Waals surface area contributed by atoms with Crippen molar-refractivity contribution >= 4 is 22.6 Å². The Balaban J connectivity index is 2.28. The maximum atomic E-state index is 8.98. The quantitative estimate of drug-likeness (QED) is 0.723. The molecule has 0 fully saturated rings. The molecule has 20 heavy (non-hydrogen) atoms. The number of hydrogen-bond acceptors (Lipinski definition) is 3. The van der Waals surface area contributed by atoms with E-state index in [1.54, 1.807) is 24.5 Å². The molecule has 3 aromatic rings. The summed E-state index contributed by atoms with van der Waals surface area (Å²) in [6.45, 7) is 2.94. The molecule has 2 aromatic heterocycles. The maximum Gasteiger partial charge on any atom is 0.203 e. The number of benzene rings is 1. The first-order valence-corrected chi connectivity index (χ1v) is 6.76. The van der Waals surface area contributed by atoms with Gasteiger partial charge in [0.1, 0.15) is 5.82 Å². The fourth-order valence-corrected chi connectivity index (χ4v) is 2.51. The first-order valence-electron chi connectivity index (χ1n) is 6.38. The molecule has 0 saturated carbocycles. The van der Waals surface area contributed by atoms with Crippen LogP contribution in [0.2, 0.25) is 5.22 Å². The molecule has 0 N–H and O–H groups in total. The van der Waals surface area contributed by atoms with Crippen LogP contribution >= 0.6 is 11.6 Å². The molecule has 0 aliphatic carbocycles. The number of imidazole rings is 1. The van der Waals surface area contributed by atoms with Gasteiger partial charge in [0.2, 0.25) is 5.22 Å². The molecular weight excluding hydrogens is 274 g/mol. The SMILES string of the molecule is CCCn1c(-c2ccoc2Cl)nc2cc(C#N)ccc21. The fourth-order valence-electron chi connectivity index (χ4n) is 2.31. The average Bonchev–Trinajstić information content (AvgIpc) is 3.02. The van der Waals surface area contributed by atoms with Crippen LogP contribution in [0.15, 0.2) is 34.9 Å². The zero-order chi connectivity index (χ0) is 14.1. The number of aryl methyl sites for hydroxylation is 1. The minimum Gasteiger partial charge on any atom is -0.452 e. The van der Waals surface area contributed by atoms with E-state index in [-0.39, 0.29) is 0 Å². The number of hydrogen-bond donors (Lipinski definition) is 0. The highest BCUT2D eigenvalue weighted by molar-refractivity contribution is 6.31. The summed E-state index contributed by atoms with van der Waals surface area (Å²) in [6.07, 6.45) is 2.53. The third-order valence-electron chi connectivity index (χ3n) is 3.18. The second-order valence-corrected chi connectivity index (χ2v) is 4.85. The van der Waals surface area contributed by atoms with Gasteiger partial charge in [-0.25, -0.2) is 4.98 Å². The highest BCUT2D eigenvalue weighted by Crippen LogP contribution is 2.31. The number of halogens is 1. The number of rotatable bonds is 3. The zero-order valence-electron chi connectivity index (χ0n) is 10.9. The van der Waals surface area contributed by atoms with Crippen molar-refractivity contribution in [2.24, 2.45) is 0 Å². The van der Waals surface area contributed by atoms with Crippen LogP contribution in [-0.2, 0) is 6.54 Å². The summed E-state index contributed by atoms with van der Waals surface area (Å²) in [4.78, 5) is 4.61. The number of aromatic nitrogens is 2. The van der Waals surface area contributed by atoms with Crippen molar-refractivity contribution in [3.05, 3.63) is 41.3 Å². The Kier molecular flexibility index (Phi) is 3.21. The molecule has 0 saturated heterocycles. The maximum absolute atomic E-state index is 8.98. The highest BCUT2D eigenvalue weighted by atomic mass is 35.5. The van der Waals surface area contributed by atoms with E-state index in [1.807, 2.05) is 6.07 Å². The lowest BCUT2D eigenvalue weighted by molar-refractivity contribution is 0.569. The molecule has 0 radical (unpaired) electrons. The van der Waals surface area contributed by atoms with E-state index in [4.69, 9.17) is 21.3 Å². The Bertz CT molecular complexity index is 810. The molecule has 0 aliphatic heterocycles. The lowest BCUT2D eigenvalue weighted by Gasteiger charge is -2.06. The minimum atomic E-state index is 0.332. The second kappa shape index (κ2) is 5.03. The number of nitriles is 1. The molecular formula is C15H12ClN3O. The Morgan fingerprint density at radius 2 is 2.25 bits per heavy atom. The summed E-state index contributed by atoms with van der Waals surface area (Å²) in [6, 6.07) is 9.46. The van der Waals surface area contributed by atoms with Gasteiger partial charge in [-0.2, -0.15) is 5.26 Å². The molecule has 5 heteroatoms. The van der Waals surface area contributed by atoms with Crippen LogP contribution in [0.1, 0.15) is 18.9 Å². The van der Waals surface area contributed by atoms with Gasteiger partial charge < -0.3 is 8.98 Å². The van der Waals surface area contributed by atoms with E-state index >= 15 is 0 Å². The van der Waals surface area contributed by atoms with Crippen molar-refractivity contribution < 1.29 is 4.42 Å². The predicted molar refractivity (Wildman–Crippen MR) is 77.5 cm³/mol. The summed E-state index contributed by atoms with van der Waals surface area (Å²) in [7, 11) is 0. The summed E-state index contributed by atoms with van der Waals surface area (Å²) in [5.74, 6) is 0.774. The van der Waals surface area contributed by atoms with Crippen LogP contribution in [0.5, 0.6) is 0 Å². The Morgan fingerprint density at radius 1 is 1.40 bits per heavy atom. The molecule has 0 atom stereocenters. The van der Waals surface area contributed by atoms with E-state index in [2.05, 4.69) is 22.5 Å². The van der Waals surface area contributed by atoms with Gasteiger partial charge in [-0.3, -0.25) is 0 Å². The third kappa shape index (κ3) is 1.97. The van der Waals surface area contributed by atoms with Crippen molar-refractivity contribution in [1.82, 2.24) is 9.55 Å². The smallest absolute Gasteiger partial charge is 0.203 e. The Hall–Kier alpha value is -2.25. The average molecular weight is 286 g/mol. The van der Waals surface area contributed by atoms with E-state index in [0.29, 0.717) is 10.8 Å². The van der Waals surface area contributed by atoms with Gasteiger partial charge in [0.15, 0.2) is 0 Å². The number of furan rings is 1. The van der Waals surface area contributed by atoms with Crippen LogP contribution in [0.25, 0.3) is 22.4 Å². The Labute approximate surface area is 121 Å². The monoisotopic (exact) mass is 285 g/mol. The van der Waals surface area contributed by atoms with E-state index < -0.39 is 0 Å². The Morgan fingerprint density at radius 3 is 2.90 bits per heavy atom. The molecule has 0 aliphatic rings. The first-order chi connectivity index (χ1) is 9.74. The zero-order valence-corrected chi connectivity index (χ0v) is 11.7. The molecule has 0 amide bonds. The standard InChI is InChI=1S/C15H12ClN3O/c1-2-6-19-13-4-3-10(9-17)8-12(13)18-15(19)11-5-7-20-14(11)16/h3-5,7-8H,2,6H2,1H3. The summed E-state index contributed by atoms with van der Waals surface area (Å²) >= 11 is 6.06. The molecule has 100 valence electrons. The van der Waals surface area contributed by atoms with Gasteiger partial charge in [-0.05, 0) is 42.3 Å². The first kappa shape index (κ1) is 12.8. The summed E-state index contributed by atoms with van der Waals surface area (Å²) in [5.41, 5.74) is 3.17. The minimum absolute atomic E-state index is 0.332. The van der Waals surface area contributed by atoms with Crippen LogP contribution < -0.4 is 0 Å². The van der Waals surface area contributed by atoms with Crippen molar-refractivity contribution in [2.45, 2.75) is 19.9 Å². The van der Waals surface area contributed by atoms with Crippen molar-refractivity contribution in [3.8, 4) is 17.5 Å². The van der Waals surface area contributed by atoms with Gasteiger partial charge in [-0.1, -0.05) is 6.92 Å². The van der Waals surface area contributed by atoms with Gasteiger partial charge in [0.05, 0.1) is 34.5 Å².